The predicted molar refractivity (Wildman–Crippen MR) is 79.5 cm³/mol. The minimum absolute atomic E-state index is 0.288. The Labute approximate surface area is 119 Å². The van der Waals surface area contributed by atoms with E-state index in [0.29, 0.717) is 19.4 Å². The van der Waals surface area contributed by atoms with E-state index in [1.165, 1.54) is 0 Å². The number of imidazole rings is 1. The van der Waals surface area contributed by atoms with Crippen LogP contribution < -0.4 is 5.73 Å². The van der Waals surface area contributed by atoms with Gasteiger partial charge in [-0.3, -0.25) is 0 Å². The topological polar surface area (TPSA) is 73.3 Å². The Morgan fingerprint density at radius 3 is 2.80 bits per heavy atom. The Kier molecular flexibility index (Phi) is 4.75. The average molecular weight is 277 g/mol. The fourth-order valence-electron chi connectivity index (χ4n) is 2.56. The van der Waals surface area contributed by atoms with Crippen molar-refractivity contribution in [3.8, 4) is 0 Å². The molecule has 0 amide bonds. The summed E-state index contributed by atoms with van der Waals surface area (Å²) in [5, 5.41) is 10.7. The van der Waals surface area contributed by atoms with Crippen molar-refractivity contribution in [2.75, 3.05) is 20.3 Å². The number of ether oxygens (including phenoxy) is 1. The van der Waals surface area contributed by atoms with Crippen LogP contribution in [0.1, 0.15) is 18.7 Å². The number of nitrogens with zero attached hydrogens (tertiary/aromatic N) is 2. The van der Waals surface area contributed by atoms with Gasteiger partial charge in [0, 0.05) is 20.6 Å². The molecule has 0 bridgehead atoms. The van der Waals surface area contributed by atoms with Crippen molar-refractivity contribution in [2.45, 2.75) is 24.9 Å². The summed E-state index contributed by atoms with van der Waals surface area (Å²) in [5.41, 5.74) is 6.65. The van der Waals surface area contributed by atoms with Crippen LogP contribution in [0.5, 0.6) is 0 Å². The third-order valence-corrected chi connectivity index (χ3v) is 3.63. The molecule has 0 aliphatic heterocycles. The Morgan fingerprint density at radius 2 is 2.15 bits per heavy atom. The molecule has 0 saturated heterocycles. The number of aromatic nitrogens is 2. The lowest BCUT2D eigenvalue weighted by molar-refractivity contribution is -0.0391. The van der Waals surface area contributed by atoms with Crippen molar-refractivity contribution >= 4 is 11.0 Å². The van der Waals surface area contributed by atoms with Gasteiger partial charge in [-0.1, -0.05) is 12.1 Å². The van der Waals surface area contributed by atoms with E-state index in [1.807, 2.05) is 35.9 Å². The number of para-hydroxylation sites is 2. The molecule has 110 valence electrons. The van der Waals surface area contributed by atoms with Crippen LogP contribution >= 0.6 is 0 Å². The molecule has 0 aliphatic rings. The van der Waals surface area contributed by atoms with E-state index in [2.05, 4.69) is 4.98 Å². The van der Waals surface area contributed by atoms with Gasteiger partial charge in [0.2, 0.25) is 0 Å². The smallest absolute Gasteiger partial charge is 0.112 e. The van der Waals surface area contributed by atoms with Crippen molar-refractivity contribution in [2.24, 2.45) is 12.8 Å². The summed E-state index contributed by atoms with van der Waals surface area (Å²) < 4.78 is 7.19. The second-order valence-corrected chi connectivity index (χ2v) is 5.30. The van der Waals surface area contributed by atoms with Crippen LogP contribution in [0.25, 0.3) is 11.0 Å². The van der Waals surface area contributed by atoms with Gasteiger partial charge in [-0.25, -0.2) is 4.98 Å². The molecule has 5 heteroatoms. The monoisotopic (exact) mass is 277 g/mol. The summed E-state index contributed by atoms with van der Waals surface area (Å²) in [5.74, 6) is 0.864. The zero-order chi connectivity index (χ0) is 14.6. The van der Waals surface area contributed by atoms with Gasteiger partial charge in [0.25, 0.3) is 0 Å². The second-order valence-electron chi connectivity index (χ2n) is 5.30. The average Bonchev–Trinajstić information content (AvgIpc) is 2.74. The number of aliphatic hydroxyl groups is 1. The van der Waals surface area contributed by atoms with E-state index in [9.17, 15) is 5.11 Å². The van der Waals surface area contributed by atoms with Crippen LogP contribution in [-0.2, 0) is 18.2 Å². The summed E-state index contributed by atoms with van der Waals surface area (Å²) in [4.78, 5) is 4.60. The molecule has 0 saturated carbocycles. The fourth-order valence-corrected chi connectivity index (χ4v) is 2.56. The number of aryl methyl sites for hydroxylation is 1. The molecule has 5 nitrogen and oxygen atoms in total. The molecule has 20 heavy (non-hydrogen) atoms. The maximum Gasteiger partial charge on any atom is 0.112 e. The Bertz CT molecular complexity index is 567. The lowest BCUT2D eigenvalue weighted by Gasteiger charge is -2.27. The highest BCUT2D eigenvalue weighted by Crippen LogP contribution is 2.22. The van der Waals surface area contributed by atoms with E-state index < -0.39 is 5.60 Å². The zero-order valence-electron chi connectivity index (χ0n) is 12.2. The Balaban J connectivity index is 2.26. The number of hydrogen-bond acceptors (Lipinski definition) is 4. The molecule has 1 heterocycles. The van der Waals surface area contributed by atoms with Gasteiger partial charge in [-0.2, -0.15) is 0 Å². The Morgan fingerprint density at radius 1 is 1.40 bits per heavy atom. The number of hydrogen-bond donors (Lipinski definition) is 2. The first kappa shape index (κ1) is 15.0. The third-order valence-electron chi connectivity index (χ3n) is 3.63. The van der Waals surface area contributed by atoms with Gasteiger partial charge >= 0.3 is 0 Å². The summed E-state index contributed by atoms with van der Waals surface area (Å²) in [6.45, 7) is 0.852. The number of fused-ring (bicyclic) bond motifs is 1. The number of rotatable bonds is 7. The highest BCUT2D eigenvalue weighted by Gasteiger charge is 2.29. The molecule has 0 fully saturated rings. The lowest BCUT2D eigenvalue weighted by atomic mass is 9.94. The molecule has 0 radical (unpaired) electrons. The number of benzene rings is 1. The second kappa shape index (κ2) is 6.35. The summed E-state index contributed by atoms with van der Waals surface area (Å²) in [6, 6.07) is 7.97. The van der Waals surface area contributed by atoms with Gasteiger partial charge < -0.3 is 20.1 Å². The summed E-state index contributed by atoms with van der Waals surface area (Å²) >= 11 is 0. The highest BCUT2D eigenvalue weighted by atomic mass is 16.5. The summed E-state index contributed by atoms with van der Waals surface area (Å²) in [7, 11) is 3.57. The van der Waals surface area contributed by atoms with E-state index in [1.54, 1.807) is 7.11 Å². The fraction of sp³-hybridized carbons (Fsp3) is 0.533. The zero-order valence-corrected chi connectivity index (χ0v) is 12.2. The molecule has 3 N–H and O–H groups in total. The lowest BCUT2D eigenvalue weighted by Crippen LogP contribution is -2.38. The SMILES string of the molecule is COCC(O)(CCCN)Cc1nc2ccccc2n1C. The van der Waals surface area contributed by atoms with Gasteiger partial charge in [0.15, 0.2) is 0 Å². The van der Waals surface area contributed by atoms with Gasteiger partial charge in [0.05, 0.1) is 23.2 Å². The predicted octanol–water partition coefficient (Wildman–Crippen LogP) is 1.23. The van der Waals surface area contributed by atoms with Crippen molar-refractivity contribution < 1.29 is 9.84 Å². The summed E-state index contributed by atoms with van der Waals surface area (Å²) in [6.07, 6.45) is 1.84. The van der Waals surface area contributed by atoms with Crippen LogP contribution in [0, 0.1) is 0 Å². The van der Waals surface area contributed by atoms with Gasteiger partial charge in [0.1, 0.15) is 5.82 Å². The highest BCUT2D eigenvalue weighted by molar-refractivity contribution is 5.75. The molecule has 0 aliphatic carbocycles. The first-order chi connectivity index (χ1) is 9.59. The number of nitrogens with two attached hydrogens (primary N) is 1. The largest absolute Gasteiger partial charge is 0.387 e. The molecule has 2 rings (SSSR count). The van der Waals surface area contributed by atoms with Crippen LogP contribution in [0.2, 0.25) is 0 Å². The van der Waals surface area contributed by atoms with Crippen LogP contribution in [-0.4, -0.2) is 40.5 Å². The van der Waals surface area contributed by atoms with Crippen molar-refractivity contribution in [1.82, 2.24) is 9.55 Å². The van der Waals surface area contributed by atoms with Crippen molar-refractivity contribution in [1.29, 1.82) is 0 Å². The van der Waals surface area contributed by atoms with E-state index in [4.69, 9.17) is 10.5 Å². The maximum atomic E-state index is 10.7. The molecule has 1 unspecified atom stereocenters. The van der Waals surface area contributed by atoms with Crippen molar-refractivity contribution in [3.63, 3.8) is 0 Å². The maximum absolute atomic E-state index is 10.7. The van der Waals surface area contributed by atoms with Gasteiger partial charge in [-0.15, -0.1) is 0 Å². The standard InChI is InChI=1S/C15H23N3O2/c1-18-13-7-4-3-6-12(13)17-14(18)10-15(19,11-20-2)8-5-9-16/h3-4,6-7,19H,5,8-11,16H2,1-2H3. The molecule has 0 spiro atoms. The van der Waals surface area contributed by atoms with E-state index in [0.717, 1.165) is 23.3 Å². The van der Waals surface area contributed by atoms with Crippen LogP contribution in [0.3, 0.4) is 0 Å². The van der Waals surface area contributed by atoms with E-state index >= 15 is 0 Å². The molecular weight excluding hydrogens is 254 g/mol. The first-order valence-corrected chi connectivity index (χ1v) is 6.91. The van der Waals surface area contributed by atoms with Gasteiger partial charge in [-0.05, 0) is 31.5 Å². The van der Waals surface area contributed by atoms with Crippen LogP contribution in [0.4, 0.5) is 0 Å². The normalized spacial score (nSPS) is 14.6. The molecule has 2 aromatic rings. The van der Waals surface area contributed by atoms with Crippen molar-refractivity contribution in [3.05, 3.63) is 30.1 Å². The third kappa shape index (κ3) is 3.17. The first-order valence-electron chi connectivity index (χ1n) is 6.91. The molecular formula is C15H23N3O2. The number of methoxy groups -OCH3 is 1. The van der Waals surface area contributed by atoms with Crippen LogP contribution in [0.15, 0.2) is 24.3 Å². The molecule has 1 aromatic carbocycles. The van der Waals surface area contributed by atoms with E-state index in [-0.39, 0.29) is 6.61 Å². The minimum atomic E-state index is -0.913. The quantitative estimate of drug-likeness (QED) is 0.798. The minimum Gasteiger partial charge on any atom is -0.387 e. The molecule has 1 atom stereocenters. The molecule has 1 aromatic heterocycles. The Hall–Kier alpha value is -1.43.